The topological polar surface area (TPSA) is 74.6 Å². The Hall–Kier alpha value is -2.51. The molecule has 1 aliphatic rings. The molecular weight excluding hydrogens is 378 g/mol. The van der Waals surface area contributed by atoms with Crippen molar-refractivity contribution in [2.45, 2.75) is 33.1 Å². The van der Waals surface area contributed by atoms with Crippen LogP contribution in [0.5, 0.6) is 5.75 Å². The molecule has 0 spiro atoms. The predicted octanol–water partition coefficient (Wildman–Crippen LogP) is 4.53. The highest BCUT2D eigenvalue weighted by Gasteiger charge is 2.18. The van der Waals surface area contributed by atoms with E-state index in [0.29, 0.717) is 0 Å². The largest absolute Gasteiger partial charge is 0.508 e. The summed E-state index contributed by atoms with van der Waals surface area (Å²) in [4.78, 5) is 20.0. The van der Waals surface area contributed by atoms with E-state index in [-0.39, 0.29) is 11.7 Å². The van der Waals surface area contributed by atoms with E-state index in [1.165, 1.54) is 28.2 Å². The highest BCUT2D eigenvalue weighted by atomic mass is 32.1. The average molecular weight is 398 g/mol. The van der Waals surface area contributed by atoms with Crippen LogP contribution < -0.4 is 5.43 Å². The first-order valence-electron chi connectivity index (χ1n) is 8.74. The Morgan fingerprint density at radius 3 is 2.74 bits per heavy atom. The zero-order valence-electron chi connectivity index (χ0n) is 15.1. The lowest BCUT2D eigenvalue weighted by molar-refractivity contribution is 0.0959. The van der Waals surface area contributed by atoms with Crippen molar-refractivity contribution < 1.29 is 9.90 Å². The molecule has 3 aromatic rings. The highest BCUT2D eigenvalue weighted by Crippen LogP contribution is 2.31. The Kier molecular flexibility index (Phi) is 4.80. The number of fused-ring (bicyclic) bond motifs is 1. The van der Waals surface area contributed by atoms with Crippen LogP contribution in [-0.4, -0.2) is 21.7 Å². The summed E-state index contributed by atoms with van der Waals surface area (Å²) in [7, 11) is 0. The highest BCUT2D eigenvalue weighted by molar-refractivity contribution is 7.17. The third kappa shape index (κ3) is 3.65. The molecule has 0 radical (unpaired) electrons. The number of aromatic nitrogens is 1. The van der Waals surface area contributed by atoms with Crippen molar-refractivity contribution in [2.75, 3.05) is 0 Å². The van der Waals surface area contributed by atoms with Crippen molar-refractivity contribution in [1.82, 2.24) is 10.4 Å². The molecule has 5 nitrogen and oxygen atoms in total. The van der Waals surface area contributed by atoms with Gasteiger partial charge in [0.2, 0.25) is 0 Å². The number of phenols is 1. The van der Waals surface area contributed by atoms with Gasteiger partial charge in [0, 0.05) is 10.4 Å². The van der Waals surface area contributed by atoms with Crippen molar-refractivity contribution in [3.63, 3.8) is 0 Å². The van der Waals surface area contributed by atoms with Gasteiger partial charge in [-0.2, -0.15) is 5.10 Å². The molecule has 0 unspecified atom stereocenters. The minimum Gasteiger partial charge on any atom is -0.508 e. The first kappa shape index (κ1) is 17.9. The molecular formula is C20H19N3O2S2. The standard InChI is InChI=1S/C20H19N3O2S2/c1-11-18(27-20(21-11)13-6-8-15(24)9-7-13)12(2)22-23-19(25)17-10-14-4-3-5-16(14)26-17/h6-10,24H,3-5H2,1-2H3,(H,23,25)/b22-12+. The van der Waals surface area contributed by atoms with Gasteiger partial charge in [-0.15, -0.1) is 22.7 Å². The van der Waals surface area contributed by atoms with E-state index in [4.69, 9.17) is 0 Å². The molecule has 0 fully saturated rings. The number of nitrogens with zero attached hydrogens (tertiary/aromatic N) is 2. The van der Waals surface area contributed by atoms with Gasteiger partial charge in [-0.05, 0) is 69.0 Å². The summed E-state index contributed by atoms with van der Waals surface area (Å²) in [5.74, 6) is 0.0712. The molecule has 27 heavy (non-hydrogen) atoms. The molecule has 1 aliphatic carbocycles. The van der Waals surface area contributed by atoms with Crippen LogP contribution in [0.25, 0.3) is 10.6 Å². The number of amides is 1. The Morgan fingerprint density at radius 1 is 1.22 bits per heavy atom. The predicted molar refractivity (Wildman–Crippen MR) is 110 cm³/mol. The fourth-order valence-electron chi connectivity index (χ4n) is 3.14. The third-order valence-electron chi connectivity index (χ3n) is 4.53. The molecule has 0 aliphatic heterocycles. The smallest absolute Gasteiger partial charge is 0.281 e. The summed E-state index contributed by atoms with van der Waals surface area (Å²) < 4.78 is 0. The summed E-state index contributed by atoms with van der Waals surface area (Å²) in [5.41, 5.74) is 6.52. The van der Waals surface area contributed by atoms with Crippen molar-refractivity contribution >= 4 is 34.3 Å². The molecule has 1 aromatic carbocycles. The lowest BCUT2D eigenvalue weighted by atomic mass is 10.2. The van der Waals surface area contributed by atoms with Crippen LogP contribution in [0.3, 0.4) is 0 Å². The number of thiophene rings is 1. The van der Waals surface area contributed by atoms with Crippen molar-refractivity contribution in [2.24, 2.45) is 5.10 Å². The molecule has 0 atom stereocenters. The van der Waals surface area contributed by atoms with Crippen LogP contribution in [0.2, 0.25) is 0 Å². The summed E-state index contributed by atoms with van der Waals surface area (Å²) in [6.45, 7) is 3.80. The van der Waals surface area contributed by atoms with Gasteiger partial charge in [-0.3, -0.25) is 4.79 Å². The lowest BCUT2D eigenvalue weighted by Gasteiger charge is -2.00. The average Bonchev–Trinajstić information content (AvgIpc) is 3.34. The van der Waals surface area contributed by atoms with E-state index >= 15 is 0 Å². The van der Waals surface area contributed by atoms with Crippen LogP contribution in [0, 0.1) is 6.92 Å². The second kappa shape index (κ2) is 7.25. The summed E-state index contributed by atoms with van der Waals surface area (Å²) in [6, 6.07) is 8.95. The molecule has 0 bridgehead atoms. The van der Waals surface area contributed by atoms with Crippen LogP contribution >= 0.6 is 22.7 Å². The molecule has 2 heterocycles. The number of carbonyl (C=O) groups excluding carboxylic acids is 1. The van der Waals surface area contributed by atoms with E-state index in [1.54, 1.807) is 23.5 Å². The van der Waals surface area contributed by atoms with Gasteiger partial charge in [0.05, 0.1) is 21.2 Å². The van der Waals surface area contributed by atoms with Crippen molar-refractivity contribution in [3.05, 3.63) is 56.2 Å². The number of hydrogen-bond donors (Lipinski definition) is 2. The van der Waals surface area contributed by atoms with Gasteiger partial charge >= 0.3 is 0 Å². The zero-order chi connectivity index (χ0) is 19.0. The van der Waals surface area contributed by atoms with E-state index in [1.807, 2.05) is 32.0 Å². The SMILES string of the molecule is C/C(=N\NC(=O)c1cc2c(s1)CCC2)c1sc(-c2ccc(O)cc2)nc1C. The maximum atomic E-state index is 12.4. The molecule has 1 amide bonds. The monoisotopic (exact) mass is 397 g/mol. The minimum absolute atomic E-state index is 0.158. The van der Waals surface area contributed by atoms with E-state index < -0.39 is 0 Å². The number of aryl methyl sites for hydroxylation is 3. The summed E-state index contributed by atoms with van der Waals surface area (Å²) >= 11 is 3.09. The first-order chi connectivity index (χ1) is 13.0. The van der Waals surface area contributed by atoms with Crippen LogP contribution in [0.4, 0.5) is 0 Å². The number of carbonyl (C=O) groups is 1. The van der Waals surface area contributed by atoms with Gasteiger partial charge in [0.25, 0.3) is 5.91 Å². The zero-order valence-corrected chi connectivity index (χ0v) is 16.7. The Balaban J connectivity index is 1.50. The van der Waals surface area contributed by atoms with E-state index in [0.717, 1.165) is 44.6 Å². The van der Waals surface area contributed by atoms with Crippen LogP contribution in [-0.2, 0) is 12.8 Å². The maximum absolute atomic E-state index is 12.4. The van der Waals surface area contributed by atoms with Gasteiger partial charge in [-0.1, -0.05) is 0 Å². The van der Waals surface area contributed by atoms with Gasteiger partial charge in [0.1, 0.15) is 10.8 Å². The maximum Gasteiger partial charge on any atom is 0.281 e. The lowest BCUT2D eigenvalue weighted by Crippen LogP contribution is -2.18. The van der Waals surface area contributed by atoms with Crippen LogP contribution in [0.1, 0.15) is 44.0 Å². The van der Waals surface area contributed by atoms with Gasteiger partial charge in [-0.25, -0.2) is 10.4 Å². The number of benzene rings is 1. The third-order valence-corrected chi connectivity index (χ3v) is 7.09. The first-order valence-corrected chi connectivity index (χ1v) is 10.4. The molecule has 7 heteroatoms. The molecule has 0 saturated carbocycles. The van der Waals surface area contributed by atoms with E-state index in [9.17, 15) is 9.90 Å². The van der Waals surface area contributed by atoms with Crippen molar-refractivity contribution in [3.8, 4) is 16.3 Å². The second-order valence-electron chi connectivity index (χ2n) is 6.53. The van der Waals surface area contributed by atoms with E-state index in [2.05, 4.69) is 15.5 Å². The number of rotatable bonds is 4. The number of hydrogen-bond acceptors (Lipinski definition) is 6. The molecule has 4 rings (SSSR count). The summed E-state index contributed by atoms with van der Waals surface area (Å²) in [6.07, 6.45) is 3.34. The number of thiazole rings is 1. The number of phenolic OH excluding ortho intramolecular Hbond substituents is 1. The number of aromatic hydroxyl groups is 1. The fourth-order valence-corrected chi connectivity index (χ4v) is 5.30. The fraction of sp³-hybridized carbons (Fsp3) is 0.250. The minimum atomic E-state index is -0.158. The summed E-state index contributed by atoms with van der Waals surface area (Å²) in [5, 5.41) is 14.6. The van der Waals surface area contributed by atoms with Crippen molar-refractivity contribution in [1.29, 1.82) is 0 Å². The molecule has 2 N–H and O–H groups in total. The molecule has 2 aromatic heterocycles. The number of nitrogens with one attached hydrogen (secondary N) is 1. The quantitative estimate of drug-likeness (QED) is 0.502. The Labute approximate surface area is 165 Å². The van der Waals surface area contributed by atoms with Gasteiger partial charge in [0.15, 0.2) is 0 Å². The molecule has 138 valence electrons. The van der Waals surface area contributed by atoms with Gasteiger partial charge < -0.3 is 5.11 Å². The molecule has 0 saturated heterocycles. The normalized spacial score (nSPS) is 13.6. The van der Waals surface area contributed by atoms with Crippen LogP contribution in [0.15, 0.2) is 35.4 Å². The Morgan fingerprint density at radius 2 is 2.00 bits per heavy atom. The second-order valence-corrected chi connectivity index (χ2v) is 8.67. The number of hydrazone groups is 1. The Bertz CT molecular complexity index is 1010.